The van der Waals surface area contributed by atoms with E-state index in [-0.39, 0.29) is 17.2 Å². The number of rotatable bonds is 5. The summed E-state index contributed by atoms with van der Waals surface area (Å²) in [6.45, 7) is 0.520. The largest absolute Gasteiger partial charge is 0.398 e. The second kappa shape index (κ2) is 6.13. The Hall–Kier alpha value is -2.09. The van der Waals surface area contributed by atoms with Crippen LogP contribution in [0, 0.1) is 0 Å². The fourth-order valence-corrected chi connectivity index (χ4v) is 2.60. The Kier molecular flexibility index (Phi) is 4.46. The van der Waals surface area contributed by atoms with Gasteiger partial charge in [0.2, 0.25) is 10.0 Å². The number of aliphatic hydroxyl groups is 1. The molecule has 0 aliphatic heterocycles. The number of anilines is 2. The number of aliphatic hydroxyl groups excluding tert-OH is 1. The summed E-state index contributed by atoms with van der Waals surface area (Å²) in [4.78, 5) is -0.0877. The van der Waals surface area contributed by atoms with Crippen LogP contribution in [0.4, 0.5) is 11.4 Å². The lowest BCUT2D eigenvalue weighted by atomic mass is 10.1. The van der Waals surface area contributed by atoms with Gasteiger partial charge in [-0.3, -0.25) is 0 Å². The van der Waals surface area contributed by atoms with Gasteiger partial charge < -0.3 is 16.2 Å². The Morgan fingerprint density at radius 1 is 1.10 bits per heavy atom. The smallest absolute Gasteiger partial charge is 0.240 e. The zero-order valence-electron chi connectivity index (χ0n) is 11.3. The summed E-state index contributed by atoms with van der Waals surface area (Å²) in [5, 5.41) is 17.3. The minimum Gasteiger partial charge on any atom is -0.398 e. The van der Waals surface area contributed by atoms with Crippen molar-refractivity contribution in [3.05, 3.63) is 53.6 Å². The second-order valence-corrected chi connectivity index (χ2v) is 6.16. The molecule has 0 spiro atoms. The first-order valence-corrected chi connectivity index (χ1v) is 7.79. The first kappa shape index (κ1) is 15.3. The first-order chi connectivity index (χ1) is 9.90. The summed E-state index contributed by atoms with van der Waals surface area (Å²) in [6.07, 6.45) is 0. The van der Waals surface area contributed by atoms with Crippen LogP contribution >= 0.6 is 0 Å². The lowest BCUT2D eigenvalue weighted by Gasteiger charge is -2.10. The molecular weight excluding hydrogens is 290 g/mol. The average Bonchev–Trinajstić information content (AvgIpc) is 2.44. The van der Waals surface area contributed by atoms with E-state index in [1.54, 1.807) is 6.07 Å². The topological polar surface area (TPSA) is 118 Å². The summed E-state index contributed by atoms with van der Waals surface area (Å²) in [7, 11) is -3.81. The summed E-state index contributed by atoms with van der Waals surface area (Å²) in [5.74, 6) is 0. The first-order valence-electron chi connectivity index (χ1n) is 6.25. The molecule has 0 aliphatic rings. The molecule has 0 amide bonds. The monoisotopic (exact) mass is 307 g/mol. The van der Waals surface area contributed by atoms with Gasteiger partial charge in [-0.15, -0.1) is 0 Å². The lowest BCUT2D eigenvalue weighted by Crippen LogP contribution is -2.14. The molecule has 0 bridgehead atoms. The molecule has 6 nitrogen and oxygen atoms in total. The quantitative estimate of drug-likeness (QED) is 0.615. The zero-order valence-corrected chi connectivity index (χ0v) is 12.1. The highest BCUT2D eigenvalue weighted by Crippen LogP contribution is 2.21. The molecule has 0 radical (unpaired) electrons. The molecule has 0 fully saturated rings. The van der Waals surface area contributed by atoms with E-state index in [2.05, 4.69) is 5.32 Å². The summed E-state index contributed by atoms with van der Waals surface area (Å²) >= 11 is 0. The molecule has 0 saturated heterocycles. The minimum absolute atomic E-state index is 0.0101. The van der Waals surface area contributed by atoms with E-state index in [0.717, 1.165) is 11.1 Å². The molecule has 112 valence electrons. The Bertz CT molecular complexity index is 745. The molecule has 2 rings (SSSR count). The molecule has 2 aromatic carbocycles. The second-order valence-electron chi connectivity index (χ2n) is 4.63. The van der Waals surface area contributed by atoms with E-state index in [0.29, 0.717) is 12.2 Å². The molecule has 0 aromatic heterocycles. The van der Waals surface area contributed by atoms with Crippen LogP contribution < -0.4 is 16.2 Å². The van der Waals surface area contributed by atoms with Gasteiger partial charge in [-0.25, -0.2) is 13.6 Å². The van der Waals surface area contributed by atoms with Crippen LogP contribution in [-0.4, -0.2) is 13.5 Å². The van der Waals surface area contributed by atoms with Gasteiger partial charge in [0.05, 0.1) is 12.3 Å². The molecule has 7 heteroatoms. The minimum atomic E-state index is -3.81. The van der Waals surface area contributed by atoms with Crippen LogP contribution in [0.25, 0.3) is 0 Å². The van der Waals surface area contributed by atoms with Gasteiger partial charge in [0.15, 0.2) is 0 Å². The van der Waals surface area contributed by atoms with E-state index in [4.69, 9.17) is 16.0 Å². The molecule has 0 aliphatic carbocycles. The number of hydrogen-bond acceptors (Lipinski definition) is 5. The van der Waals surface area contributed by atoms with Crippen molar-refractivity contribution in [1.29, 1.82) is 0 Å². The van der Waals surface area contributed by atoms with Crippen molar-refractivity contribution in [2.45, 2.75) is 18.0 Å². The van der Waals surface area contributed by atoms with Gasteiger partial charge in [0, 0.05) is 12.2 Å². The van der Waals surface area contributed by atoms with Crippen LogP contribution in [0.5, 0.6) is 0 Å². The van der Waals surface area contributed by atoms with Gasteiger partial charge in [-0.05, 0) is 29.3 Å². The molecule has 2 aromatic rings. The number of benzene rings is 2. The van der Waals surface area contributed by atoms with Crippen molar-refractivity contribution in [1.82, 2.24) is 0 Å². The third-order valence-electron chi connectivity index (χ3n) is 2.99. The van der Waals surface area contributed by atoms with E-state index < -0.39 is 10.0 Å². The standard InChI is InChI=1S/C14H17N3O3S/c15-13-7-12(4-5-14(13)21(16,19)20)17-8-10-2-1-3-11(6-10)9-18/h1-7,17-18H,8-9,15H2,(H2,16,19,20). The van der Waals surface area contributed by atoms with Gasteiger partial charge >= 0.3 is 0 Å². The maximum absolute atomic E-state index is 11.3. The van der Waals surface area contributed by atoms with Gasteiger partial charge in [-0.2, -0.15) is 0 Å². The van der Waals surface area contributed by atoms with Crippen molar-refractivity contribution in [3.63, 3.8) is 0 Å². The summed E-state index contributed by atoms with van der Waals surface area (Å²) < 4.78 is 22.5. The SMILES string of the molecule is Nc1cc(NCc2cccc(CO)c2)ccc1S(N)(=O)=O. The van der Waals surface area contributed by atoms with E-state index in [9.17, 15) is 8.42 Å². The number of primary sulfonamides is 1. The highest BCUT2D eigenvalue weighted by molar-refractivity contribution is 7.89. The third kappa shape index (κ3) is 3.94. The van der Waals surface area contributed by atoms with E-state index >= 15 is 0 Å². The van der Waals surface area contributed by atoms with Crippen LogP contribution in [0.1, 0.15) is 11.1 Å². The Balaban J connectivity index is 2.12. The molecular formula is C14H17N3O3S. The molecule has 21 heavy (non-hydrogen) atoms. The summed E-state index contributed by atoms with van der Waals surface area (Å²) in [5.41, 5.74) is 8.31. The van der Waals surface area contributed by atoms with E-state index in [1.807, 2.05) is 24.3 Å². The predicted molar refractivity (Wildman–Crippen MR) is 81.9 cm³/mol. The van der Waals surface area contributed by atoms with Crippen molar-refractivity contribution in [2.24, 2.45) is 5.14 Å². The Morgan fingerprint density at radius 3 is 2.43 bits per heavy atom. The van der Waals surface area contributed by atoms with Gasteiger partial charge in [0.25, 0.3) is 0 Å². The number of nitrogen functional groups attached to an aromatic ring is 1. The molecule has 0 saturated carbocycles. The van der Waals surface area contributed by atoms with Crippen molar-refractivity contribution < 1.29 is 13.5 Å². The Morgan fingerprint density at radius 2 is 1.81 bits per heavy atom. The third-order valence-corrected chi connectivity index (χ3v) is 3.97. The summed E-state index contributed by atoms with van der Waals surface area (Å²) in [6, 6.07) is 12.0. The predicted octanol–water partition coefficient (Wildman–Crippen LogP) is 1.02. The van der Waals surface area contributed by atoms with Gasteiger partial charge in [-0.1, -0.05) is 24.3 Å². The maximum atomic E-state index is 11.3. The highest BCUT2D eigenvalue weighted by Gasteiger charge is 2.12. The number of nitrogens with two attached hydrogens (primary N) is 2. The molecule has 6 N–H and O–H groups in total. The molecule has 0 heterocycles. The normalized spacial score (nSPS) is 11.3. The number of nitrogens with one attached hydrogen (secondary N) is 1. The van der Waals surface area contributed by atoms with Crippen molar-refractivity contribution in [3.8, 4) is 0 Å². The molecule has 0 unspecified atom stereocenters. The van der Waals surface area contributed by atoms with E-state index in [1.165, 1.54) is 12.1 Å². The van der Waals surface area contributed by atoms with Crippen LogP contribution in [0.2, 0.25) is 0 Å². The number of sulfonamides is 1. The zero-order chi connectivity index (χ0) is 15.5. The van der Waals surface area contributed by atoms with Gasteiger partial charge in [0.1, 0.15) is 4.90 Å². The molecule has 0 atom stereocenters. The van der Waals surface area contributed by atoms with Crippen LogP contribution in [-0.2, 0) is 23.2 Å². The average molecular weight is 307 g/mol. The van der Waals surface area contributed by atoms with Crippen molar-refractivity contribution in [2.75, 3.05) is 11.1 Å². The maximum Gasteiger partial charge on any atom is 0.240 e. The lowest BCUT2D eigenvalue weighted by molar-refractivity contribution is 0.281. The van der Waals surface area contributed by atoms with Crippen LogP contribution in [0.3, 0.4) is 0 Å². The Labute approximate surface area is 123 Å². The highest BCUT2D eigenvalue weighted by atomic mass is 32.2. The number of hydrogen-bond donors (Lipinski definition) is 4. The fourth-order valence-electron chi connectivity index (χ4n) is 1.96. The van der Waals surface area contributed by atoms with Crippen molar-refractivity contribution >= 4 is 21.4 Å². The van der Waals surface area contributed by atoms with Crippen LogP contribution in [0.15, 0.2) is 47.4 Å². The fraction of sp³-hybridized carbons (Fsp3) is 0.143.